The third-order valence-corrected chi connectivity index (χ3v) is 8.05. The highest BCUT2D eigenvalue weighted by Crippen LogP contribution is 2.33. The van der Waals surface area contributed by atoms with Crippen molar-refractivity contribution in [3.8, 4) is 5.69 Å². The lowest BCUT2D eigenvalue weighted by Crippen LogP contribution is -2.39. The van der Waals surface area contributed by atoms with Crippen molar-refractivity contribution < 1.29 is 9.53 Å². The lowest BCUT2D eigenvalue weighted by Gasteiger charge is -2.25. The fourth-order valence-electron chi connectivity index (χ4n) is 5.61. The molecule has 1 aliphatic carbocycles. The van der Waals surface area contributed by atoms with Gasteiger partial charge in [-0.2, -0.15) is 0 Å². The molecule has 1 amide bonds. The molecule has 38 heavy (non-hydrogen) atoms. The maximum atomic E-state index is 13.5. The Morgan fingerprint density at radius 3 is 2.34 bits per heavy atom. The number of hydrogen-bond acceptors (Lipinski definition) is 4. The van der Waals surface area contributed by atoms with Crippen LogP contribution in [0.25, 0.3) is 5.69 Å². The van der Waals surface area contributed by atoms with Crippen molar-refractivity contribution in [3.05, 3.63) is 40.8 Å². The molecule has 2 aromatic heterocycles. The predicted molar refractivity (Wildman–Crippen MR) is 157 cm³/mol. The van der Waals surface area contributed by atoms with Crippen molar-refractivity contribution in [1.82, 2.24) is 14.9 Å². The molecule has 210 valence electrons. The van der Waals surface area contributed by atoms with Gasteiger partial charge in [-0.3, -0.25) is 4.79 Å². The summed E-state index contributed by atoms with van der Waals surface area (Å²) in [4.78, 5) is 18.5. The van der Waals surface area contributed by atoms with Crippen LogP contribution in [0, 0.1) is 18.3 Å². The number of aromatic nitrogens is 2. The summed E-state index contributed by atoms with van der Waals surface area (Å²) >= 11 is 0. The molecule has 2 fully saturated rings. The Hall–Kier alpha value is -2.34. The first-order valence-corrected chi connectivity index (χ1v) is 14.8. The summed E-state index contributed by atoms with van der Waals surface area (Å²) in [7, 11) is 0. The van der Waals surface area contributed by atoms with E-state index in [1.54, 1.807) is 0 Å². The summed E-state index contributed by atoms with van der Waals surface area (Å²) < 4.78 is 7.79. The first-order chi connectivity index (χ1) is 17.9. The van der Waals surface area contributed by atoms with Gasteiger partial charge in [0.15, 0.2) is 0 Å². The average molecular weight is 523 g/mol. The first-order valence-electron chi connectivity index (χ1n) is 14.8. The van der Waals surface area contributed by atoms with E-state index < -0.39 is 0 Å². The summed E-state index contributed by atoms with van der Waals surface area (Å²) in [5, 5.41) is 6.89. The topological polar surface area (TPSA) is 68.2 Å². The number of anilines is 1. The van der Waals surface area contributed by atoms with Crippen LogP contribution in [0.2, 0.25) is 0 Å². The number of hydrogen-bond donors (Lipinski definition) is 2. The molecule has 0 unspecified atom stereocenters. The minimum absolute atomic E-state index is 0.0363. The number of carbonyl (C=O) groups excluding carboxylic acids is 1. The number of amides is 1. The van der Waals surface area contributed by atoms with Crippen LogP contribution in [0.5, 0.6) is 0 Å². The SMILES string of the molecule is Cc1c(C(=O)NC2CCOCC2)cn(-c2cc(NCC(C)(C)C)nc(C(C)(C)C)c2)c1CC1CCCCC1. The van der Waals surface area contributed by atoms with Crippen molar-refractivity contribution in [3.63, 3.8) is 0 Å². The van der Waals surface area contributed by atoms with Gasteiger partial charge in [-0.05, 0) is 49.1 Å². The molecule has 2 aromatic rings. The molecule has 4 rings (SSSR count). The average Bonchev–Trinajstić information content (AvgIpc) is 3.19. The van der Waals surface area contributed by atoms with Gasteiger partial charge in [-0.25, -0.2) is 4.98 Å². The fourth-order valence-corrected chi connectivity index (χ4v) is 5.61. The van der Waals surface area contributed by atoms with E-state index in [1.807, 2.05) is 0 Å². The highest BCUT2D eigenvalue weighted by Gasteiger charge is 2.26. The number of ether oxygens (including phenoxy) is 1. The zero-order valence-corrected chi connectivity index (χ0v) is 24.9. The third kappa shape index (κ3) is 7.40. The Morgan fingerprint density at radius 1 is 1.03 bits per heavy atom. The number of rotatable bonds is 7. The molecule has 3 heterocycles. The molecular formula is C32H50N4O2. The normalized spacial score (nSPS) is 18.0. The molecule has 0 atom stereocenters. The second-order valence-corrected chi connectivity index (χ2v) is 13.8. The molecule has 0 bridgehead atoms. The largest absolute Gasteiger partial charge is 0.381 e. The summed E-state index contributed by atoms with van der Waals surface area (Å²) in [5.74, 6) is 1.60. The van der Waals surface area contributed by atoms with Crippen LogP contribution in [0.1, 0.15) is 114 Å². The molecule has 0 spiro atoms. The quantitative estimate of drug-likeness (QED) is 0.412. The Bertz CT molecular complexity index is 1090. The van der Waals surface area contributed by atoms with Gasteiger partial charge in [0.25, 0.3) is 5.91 Å². The Kier molecular flexibility index (Phi) is 8.91. The second-order valence-electron chi connectivity index (χ2n) is 13.8. The van der Waals surface area contributed by atoms with Crippen LogP contribution in [0.15, 0.2) is 18.3 Å². The Labute approximate surface area is 230 Å². The van der Waals surface area contributed by atoms with Gasteiger partial charge in [0.2, 0.25) is 0 Å². The minimum atomic E-state index is -0.0941. The lowest BCUT2D eigenvalue weighted by molar-refractivity contribution is 0.0696. The van der Waals surface area contributed by atoms with Crippen molar-refractivity contribution in [1.29, 1.82) is 0 Å². The van der Waals surface area contributed by atoms with E-state index in [1.165, 1.54) is 37.8 Å². The van der Waals surface area contributed by atoms with E-state index in [-0.39, 0.29) is 22.8 Å². The lowest BCUT2D eigenvalue weighted by atomic mass is 9.85. The van der Waals surface area contributed by atoms with Crippen LogP contribution < -0.4 is 10.6 Å². The maximum absolute atomic E-state index is 13.5. The third-order valence-electron chi connectivity index (χ3n) is 8.05. The van der Waals surface area contributed by atoms with Gasteiger partial charge >= 0.3 is 0 Å². The Morgan fingerprint density at radius 2 is 1.71 bits per heavy atom. The molecular weight excluding hydrogens is 472 g/mol. The van der Waals surface area contributed by atoms with Gasteiger partial charge in [0.1, 0.15) is 5.82 Å². The maximum Gasteiger partial charge on any atom is 0.253 e. The molecule has 6 heteroatoms. The summed E-state index contributed by atoms with van der Waals surface area (Å²) in [6.45, 7) is 17.7. The molecule has 1 aliphatic heterocycles. The van der Waals surface area contributed by atoms with E-state index in [2.05, 4.69) is 82.0 Å². The zero-order chi connectivity index (χ0) is 27.5. The van der Waals surface area contributed by atoms with Crippen molar-refractivity contribution in [2.45, 2.75) is 111 Å². The number of carbonyl (C=O) groups is 1. The molecule has 0 aromatic carbocycles. The van der Waals surface area contributed by atoms with E-state index in [9.17, 15) is 4.79 Å². The van der Waals surface area contributed by atoms with E-state index >= 15 is 0 Å². The minimum Gasteiger partial charge on any atom is -0.381 e. The van der Waals surface area contributed by atoms with E-state index in [0.717, 1.165) is 67.3 Å². The van der Waals surface area contributed by atoms with Gasteiger partial charge in [0.05, 0.1) is 16.9 Å². The molecule has 2 N–H and O–H groups in total. The molecule has 1 saturated carbocycles. The van der Waals surface area contributed by atoms with Crippen LogP contribution in [-0.2, 0) is 16.6 Å². The second kappa shape index (κ2) is 11.8. The zero-order valence-electron chi connectivity index (χ0n) is 24.9. The monoisotopic (exact) mass is 522 g/mol. The van der Waals surface area contributed by atoms with Gasteiger partial charge in [0, 0.05) is 49.2 Å². The summed E-state index contributed by atoms with van der Waals surface area (Å²) in [6.07, 6.45) is 11.4. The van der Waals surface area contributed by atoms with Crippen LogP contribution >= 0.6 is 0 Å². The van der Waals surface area contributed by atoms with Crippen molar-refractivity contribution >= 4 is 11.7 Å². The van der Waals surface area contributed by atoms with Crippen LogP contribution in [0.4, 0.5) is 5.82 Å². The standard InChI is InChI=1S/C32H50N4O2/c1-22-26(30(37)34-24-13-15-38-16-14-24)20-36(27(22)17-23-11-9-8-10-12-23)25-18-28(32(5,6)7)35-29(19-25)33-21-31(2,3)4/h18-20,23-24H,8-17,21H2,1-7H3,(H,33,35)(H,34,37). The van der Waals surface area contributed by atoms with Gasteiger partial charge < -0.3 is 19.9 Å². The first kappa shape index (κ1) is 28.7. The van der Waals surface area contributed by atoms with E-state index in [0.29, 0.717) is 5.92 Å². The number of nitrogens with one attached hydrogen (secondary N) is 2. The van der Waals surface area contributed by atoms with E-state index in [4.69, 9.17) is 9.72 Å². The summed E-state index contributed by atoms with van der Waals surface area (Å²) in [6, 6.07) is 4.56. The smallest absolute Gasteiger partial charge is 0.253 e. The highest BCUT2D eigenvalue weighted by molar-refractivity contribution is 5.96. The summed E-state index contributed by atoms with van der Waals surface area (Å²) in [5.41, 5.74) is 5.35. The van der Waals surface area contributed by atoms with Crippen LogP contribution in [-0.4, -0.2) is 41.3 Å². The number of nitrogens with zero attached hydrogens (tertiary/aromatic N) is 2. The molecule has 0 radical (unpaired) electrons. The predicted octanol–water partition coefficient (Wildman–Crippen LogP) is 6.97. The van der Waals surface area contributed by atoms with Crippen molar-refractivity contribution in [2.75, 3.05) is 25.1 Å². The molecule has 2 aliphatic rings. The van der Waals surface area contributed by atoms with Gasteiger partial charge in [-0.15, -0.1) is 0 Å². The van der Waals surface area contributed by atoms with Gasteiger partial charge in [-0.1, -0.05) is 73.6 Å². The number of pyridine rings is 1. The van der Waals surface area contributed by atoms with Crippen LogP contribution in [0.3, 0.4) is 0 Å². The fraction of sp³-hybridized carbons (Fsp3) is 0.688. The molecule has 6 nitrogen and oxygen atoms in total. The van der Waals surface area contributed by atoms with Crippen molar-refractivity contribution in [2.24, 2.45) is 11.3 Å². The Balaban J connectivity index is 1.75. The highest BCUT2D eigenvalue weighted by atomic mass is 16.5. The molecule has 1 saturated heterocycles.